The molecular formula is C12H24N2O2S. The smallest absolute Gasteiger partial charge is 0.236 e. The largest absolute Gasteiger partial charge is 0.395 e. The van der Waals surface area contributed by atoms with E-state index in [2.05, 4.69) is 5.32 Å². The highest BCUT2D eigenvalue weighted by Gasteiger charge is 2.19. The molecule has 0 aromatic rings. The van der Waals surface area contributed by atoms with E-state index in [1.54, 1.807) is 11.8 Å². The number of hydrogen-bond acceptors (Lipinski definition) is 4. The Labute approximate surface area is 108 Å². The van der Waals surface area contributed by atoms with E-state index < -0.39 is 0 Å². The minimum Gasteiger partial charge on any atom is -0.395 e. The van der Waals surface area contributed by atoms with E-state index in [1.807, 2.05) is 18.1 Å². The van der Waals surface area contributed by atoms with Crippen molar-refractivity contribution >= 4 is 17.7 Å². The van der Waals surface area contributed by atoms with Crippen molar-refractivity contribution in [2.75, 3.05) is 32.5 Å². The van der Waals surface area contributed by atoms with Gasteiger partial charge in [-0.2, -0.15) is 11.8 Å². The van der Waals surface area contributed by atoms with E-state index in [1.165, 1.54) is 6.42 Å². The monoisotopic (exact) mass is 260 g/mol. The van der Waals surface area contributed by atoms with Crippen LogP contribution in [-0.4, -0.2) is 59.7 Å². The van der Waals surface area contributed by atoms with E-state index >= 15 is 0 Å². The van der Waals surface area contributed by atoms with Gasteiger partial charge in [-0.1, -0.05) is 0 Å². The van der Waals surface area contributed by atoms with Crippen molar-refractivity contribution in [2.24, 2.45) is 0 Å². The second-order valence-electron chi connectivity index (χ2n) is 4.57. The van der Waals surface area contributed by atoms with Gasteiger partial charge in [0.25, 0.3) is 0 Å². The first-order valence-electron chi connectivity index (χ1n) is 6.34. The molecule has 0 saturated carbocycles. The van der Waals surface area contributed by atoms with Gasteiger partial charge in [0.15, 0.2) is 0 Å². The van der Waals surface area contributed by atoms with Gasteiger partial charge < -0.3 is 15.3 Å². The van der Waals surface area contributed by atoms with Gasteiger partial charge in [0.1, 0.15) is 0 Å². The number of amides is 1. The number of aliphatic hydroxyl groups is 1. The van der Waals surface area contributed by atoms with E-state index in [4.69, 9.17) is 5.11 Å². The first-order valence-corrected chi connectivity index (χ1v) is 7.62. The number of carbonyl (C=O) groups excluding carboxylic acids is 1. The van der Waals surface area contributed by atoms with Crippen molar-refractivity contribution in [1.29, 1.82) is 0 Å². The number of aliphatic hydroxyl groups excluding tert-OH is 1. The fraction of sp³-hybridized carbons (Fsp3) is 0.917. The zero-order valence-electron chi connectivity index (χ0n) is 10.8. The Kier molecular flexibility index (Phi) is 6.92. The molecule has 0 aromatic heterocycles. The third-order valence-electron chi connectivity index (χ3n) is 3.32. The van der Waals surface area contributed by atoms with Gasteiger partial charge in [0.05, 0.1) is 13.2 Å². The Hall–Kier alpha value is -0.260. The molecule has 0 radical (unpaired) electrons. The molecule has 2 N–H and O–H groups in total. The quantitative estimate of drug-likeness (QED) is 0.738. The summed E-state index contributed by atoms with van der Waals surface area (Å²) in [5.74, 6) is 0.189. The molecule has 0 spiro atoms. The SMILES string of the molecule is CSC(CO)C(C)NCC(=O)N1CCCCC1. The molecule has 1 heterocycles. The fourth-order valence-corrected chi connectivity index (χ4v) is 2.73. The van der Waals surface area contributed by atoms with Gasteiger partial charge in [0, 0.05) is 24.4 Å². The van der Waals surface area contributed by atoms with E-state index in [-0.39, 0.29) is 23.8 Å². The summed E-state index contributed by atoms with van der Waals surface area (Å²) < 4.78 is 0. The first kappa shape index (κ1) is 14.8. The molecule has 2 unspecified atom stereocenters. The molecule has 1 amide bonds. The summed E-state index contributed by atoms with van der Waals surface area (Å²) in [7, 11) is 0. The second kappa shape index (κ2) is 7.95. The molecule has 1 aliphatic heterocycles. The molecule has 0 aromatic carbocycles. The number of rotatable bonds is 6. The molecule has 2 atom stereocenters. The van der Waals surface area contributed by atoms with Crippen LogP contribution in [0.4, 0.5) is 0 Å². The molecule has 1 fully saturated rings. The second-order valence-corrected chi connectivity index (χ2v) is 5.64. The summed E-state index contributed by atoms with van der Waals surface area (Å²) in [5.41, 5.74) is 0. The minimum absolute atomic E-state index is 0.146. The van der Waals surface area contributed by atoms with E-state index in [9.17, 15) is 4.79 Å². The lowest BCUT2D eigenvalue weighted by Crippen LogP contribution is -2.46. The maximum atomic E-state index is 11.9. The number of hydrogen-bond donors (Lipinski definition) is 2. The van der Waals surface area contributed by atoms with Crippen molar-refractivity contribution in [3.05, 3.63) is 0 Å². The minimum atomic E-state index is 0.146. The lowest BCUT2D eigenvalue weighted by molar-refractivity contribution is -0.131. The molecular weight excluding hydrogens is 236 g/mol. The van der Waals surface area contributed by atoms with Crippen LogP contribution in [0.5, 0.6) is 0 Å². The summed E-state index contributed by atoms with van der Waals surface area (Å²) in [6.45, 7) is 4.36. The van der Waals surface area contributed by atoms with Gasteiger partial charge in [-0.3, -0.25) is 4.79 Å². The highest BCUT2D eigenvalue weighted by atomic mass is 32.2. The zero-order valence-corrected chi connectivity index (χ0v) is 11.6. The van der Waals surface area contributed by atoms with Gasteiger partial charge in [0.2, 0.25) is 5.91 Å². The lowest BCUT2D eigenvalue weighted by atomic mass is 10.1. The highest BCUT2D eigenvalue weighted by Crippen LogP contribution is 2.11. The van der Waals surface area contributed by atoms with Crippen LogP contribution in [0.3, 0.4) is 0 Å². The van der Waals surface area contributed by atoms with Crippen molar-refractivity contribution in [2.45, 2.75) is 37.5 Å². The summed E-state index contributed by atoms with van der Waals surface area (Å²) in [4.78, 5) is 13.8. The van der Waals surface area contributed by atoms with Gasteiger partial charge in [-0.25, -0.2) is 0 Å². The number of likely N-dealkylation sites (tertiary alicyclic amines) is 1. The lowest BCUT2D eigenvalue weighted by Gasteiger charge is -2.28. The maximum absolute atomic E-state index is 11.9. The number of piperidine rings is 1. The normalized spacial score (nSPS) is 20.1. The van der Waals surface area contributed by atoms with Gasteiger partial charge in [-0.15, -0.1) is 0 Å². The average molecular weight is 260 g/mol. The molecule has 0 aliphatic carbocycles. The number of carbonyl (C=O) groups is 1. The van der Waals surface area contributed by atoms with Gasteiger partial charge in [-0.05, 0) is 32.4 Å². The molecule has 0 bridgehead atoms. The molecule has 1 aliphatic rings. The van der Waals surface area contributed by atoms with E-state index in [0.29, 0.717) is 6.54 Å². The average Bonchev–Trinajstić information content (AvgIpc) is 2.38. The number of nitrogens with one attached hydrogen (secondary N) is 1. The molecule has 1 saturated heterocycles. The summed E-state index contributed by atoms with van der Waals surface area (Å²) in [5, 5.41) is 12.5. The first-order chi connectivity index (χ1) is 8.19. The topological polar surface area (TPSA) is 52.6 Å². The summed E-state index contributed by atoms with van der Waals surface area (Å²) in [6, 6.07) is 0.156. The van der Waals surface area contributed by atoms with Crippen molar-refractivity contribution in [1.82, 2.24) is 10.2 Å². The van der Waals surface area contributed by atoms with Crippen molar-refractivity contribution < 1.29 is 9.90 Å². The van der Waals surface area contributed by atoms with Crippen molar-refractivity contribution in [3.63, 3.8) is 0 Å². The molecule has 4 nitrogen and oxygen atoms in total. The number of thioether (sulfide) groups is 1. The fourth-order valence-electron chi connectivity index (χ4n) is 2.07. The Balaban J connectivity index is 2.26. The Morgan fingerprint density at radius 3 is 2.59 bits per heavy atom. The van der Waals surface area contributed by atoms with E-state index in [0.717, 1.165) is 25.9 Å². The predicted molar refractivity (Wildman–Crippen MR) is 72.3 cm³/mol. The summed E-state index contributed by atoms with van der Waals surface area (Å²) >= 11 is 1.63. The number of nitrogens with zero attached hydrogens (tertiary/aromatic N) is 1. The Bertz CT molecular complexity index is 229. The van der Waals surface area contributed by atoms with Gasteiger partial charge >= 0.3 is 0 Å². The van der Waals surface area contributed by atoms with Crippen LogP contribution >= 0.6 is 11.8 Å². The highest BCUT2D eigenvalue weighted by molar-refractivity contribution is 7.99. The van der Waals surface area contributed by atoms with Crippen LogP contribution in [0.2, 0.25) is 0 Å². The third kappa shape index (κ3) is 4.85. The van der Waals surface area contributed by atoms with Crippen LogP contribution in [0.15, 0.2) is 0 Å². The van der Waals surface area contributed by atoms with Crippen LogP contribution in [-0.2, 0) is 4.79 Å². The van der Waals surface area contributed by atoms with Crippen LogP contribution in [0.25, 0.3) is 0 Å². The third-order valence-corrected chi connectivity index (χ3v) is 4.49. The Morgan fingerprint density at radius 1 is 1.41 bits per heavy atom. The standard InChI is InChI=1S/C12H24N2O2S/c1-10(11(9-15)17-2)13-8-12(16)14-6-4-3-5-7-14/h10-11,13,15H,3-9H2,1-2H3. The zero-order chi connectivity index (χ0) is 12.7. The van der Waals surface area contributed by atoms with Crippen molar-refractivity contribution in [3.8, 4) is 0 Å². The molecule has 5 heteroatoms. The van der Waals surface area contributed by atoms with Crippen LogP contribution < -0.4 is 5.32 Å². The molecule has 100 valence electrons. The molecule has 17 heavy (non-hydrogen) atoms. The summed E-state index contributed by atoms with van der Waals surface area (Å²) in [6.07, 6.45) is 5.48. The Morgan fingerprint density at radius 2 is 2.06 bits per heavy atom. The maximum Gasteiger partial charge on any atom is 0.236 e. The van der Waals surface area contributed by atoms with Crippen LogP contribution in [0, 0.1) is 0 Å². The predicted octanol–water partition coefficient (Wildman–Crippen LogP) is 0.701. The van der Waals surface area contributed by atoms with Crippen LogP contribution in [0.1, 0.15) is 26.2 Å². The molecule has 1 rings (SSSR count).